The first-order valence-electron chi connectivity index (χ1n) is 5.44. The number of alkyl halides is 1. The van der Waals surface area contributed by atoms with Gasteiger partial charge >= 0.3 is 0 Å². The second-order valence-corrected chi connectivity index (χ2v) is 4.66. The van der Waals surface area contributed by atoms with Crippen molar-refractivity contribution in [1.82, 2.24) is 0 Å². The summed E-state index contributed by atoms with van der Waals surface area (Å²) in [6.45, 7) is 5.85. The molecular formula is C13H20FN. The summed E-state index contributed by atoms with van der Waals surface area (Å²) in [5, 5.41) is 0. The van der Waals surface area contributed by atoms with Crippen molar-refractivity contribution in [1.29, 1.82) is 0 Å². The lowest BCUT2D eigenvalue weighted by atomic mass is 9.89. The molecule has 1 nitrogen and oxygen atoms in total. The van der Waals surface area contributed by atoms with Crippen LogP contribution in [0.3, 0.4) is 0 Å². The van der Waals surface area contributed by atoms with Crippen LogP contribution in [0, 0.1) is 5.92 Å². The summed E-state index contributed by atoms with van der Waals surface area (Å²) >= 11 is 0. The summed E-state index contributed by atoms with van der Waals surface area (Å²) in [5.41, 5.74) is 5.86. The van der Waals surface area contributed by atoms with Gasteiger partial charge in [0.15, 0.2) is 0 Å². The standard InChI is InChI=1S/C13H20FN/c1-10(2)8-11-6-4-5-7-12(11)13(3,14)9-15/h4-7,10H,8-9,15H2,1-3H3. The Morgan fingerprint density at radius 1 is 1.33 bits per heavy atom. The van der Waals surface area contributed by atoms with E-state index in [4.69, 9.17) is 5.73 Å². The molecule has 0 fully saturated rings. The Balaban J connectivity index is 3.06. The lowest BCUT2D eigenvalue weighted by Gasteiger charge is -2.22. The molecule has 0 saturated heterocycles. The maximum atomic E-state index is 14.1. The molecule has 0 bridgehead atoms. The van der Waals surface area contributed by atoms with Crippen molar-refractivity contribution in [3.05, 3.63) is 35.4 Å². The largest absolute Gasteiger partial charge is 0.327 e. The fraction of sp³-hybridized carbons (Fsp3) is 0.538. The van der Waals surface area contributed by atoms with Gasteiger partial charge in [0, 0.05) is 6.54 Å². The highest BCUT2D eigenvalue weighted by molar-refractivity contribution is 5.32. The minimum Gasteiger partial charge on any atom is -0.327 e. The molecule has 0 aliphatic rings. The number of halogens is 1. The molecule has 1 aromatic rings. The Bertz CT molecular complexity index is 318. The van der Waals surface area contributed by atoms with Crippen LogP contribution in [0.25, 0.3) is 0 Å². The van der Waals surface area contributed by atoms with Gasteiger partial charge in [-0.2, -0.15) is 0 Å². The molecule has 0 aliphatic heterocycles. The summed E-state index contributed by atoms with van der Waals surface area (Å²) in [7, 11) is 0. The molecule has 1 aromatic carbocycles. The van der Waals surface area contributed by atoms with Gasteiger partial charge in [-0.05, 0) is 30.4 Å². The fourth-order valence-electron chi connectivity index (χ4n) is 1.76. The van der Waals surface area contributed by atoms with Gasteiger partial charge in [-0.3, -0.25) is 0 Å². The summed E-state index contributed by atoms with van der Waals surface area (Å²) in [5.74, 6) is 0.528. The Hall–Kier alpha value is -0.890. The summed E-state index contributed by atoms with van der Waals surface area (Å²) in [6, 6.07) is 7.65. The van der Waals surface area contributed by atoms with E-state index in [0.717, 1.165) is 17.5 Å². The van der Waals surface area contributed by atoms with Gasteiger partial charge in [0.1, 0.15) is 5.67 Å². The third-order valence-corrected chi connectivity index (χ3v) is 2.59. The Morgan fingerprint density at radius 2 is 1.93 bits per heavy atom. The van der Waals surface area contributed by atoms with E-state index in [1.54, 1.807) is 6.92 Å². The highest BCUT2D eigenvalue weighted by Gasteiger charge is 2.26. The van der Waals surface area contributed by atoms with Gasteiger partial charge in [-0.15, -0.1) is 0 Å². The summed E-state index contributed by atoms with van der Waals surface area (Å²) < 4.78 is 14.1. The molecule has 84 valence electrons. The Kier molecular flexibility index (Phi) is 3.86. The minimum atomic E-state index is -1.41. The van der Waals surface area contributed by atoms with Gasteiger partial charge in [0.05, 0.1) is 0 Å². The average Bonchev–Trinajstić information content (AvgIpc) is 2.17. The molecule has 1 rings (SSSR count). The third-order valence-electron chi connectivity index (χ3n) is 2.59. The Morgan fingerprint density at radius 3 is 2.47 bits per heavy atom. The zero-order valence-electron chi connectivity index (χ0n) is 9.76. The molecule has 0 saturated carbocycles. The van der Waals surface area contributed by atoms with Crippen LogP contribution in [0.2, 0.25) is 0 Å². The summed E-state index contributed by atoms with van der Waals surface area (Å²) in [4.78, 5) is 0. The van der Waals surface area contributed by atoms with E-state index in [1.807, 2.05) is 24.3 Å². The van der Waals surface area contributed by atoms with Gasteiger partial charge in [-0.1, -0.05) is 38.1 Å². The molecule has 1 atom stereocenters. The molecule has 0 radical (unpaired) electrons. The SMILES string of the molecule is CC(C)Cc1ccccc1C(C)(F)CN. The first kappa shape index (κ1) is 12.2. The summed E-state index contributed by atoms with van der Waals surface area (Å²) in [6.07, 6.45) is 0.898. The smallest absolute Gasteiger partial charge is 0.145 e. The van der Waals surface area contributed by atoms with E-state index in [-0.39, 0.29) is 6.54 Å². The molecule has 1 unspecified atom stereocenters. The average molecular weight is 209 g/mol. The highest BCUT2D eigenvalue weighted by Crippen LogP contribution is 2.28. The number of hydrogen-bond donors (Lipinski definition) is 1. The highest BCUT2D eigenvalue weighted by atomic mass is 19.1. The minimum absolute atomic E-state index is 0.0299. The zero-order valence-corrected chi connectivity index (χ0v) is 9.76. The molecular weight excluding hydrogens is 189 g/mol. The van der Waals surface area contributed by atoms with Crippen LogP contribution in [-0.4, -0.2) is 6.54 Å². The second kappa shape index (κ2) is 4.75. The van der Waals surface area contributed by atoms with Crippen LogP contribution in [0.1, 0.15) is 31.9 Å². The number of benzene rings is 1. The number of nitrogens with two attached hydrogens (primary N) is 1. The van der Waals surface area contributed by atoms with Crippen LogP contribution in [0.4, 0.5) is 4.39 Å². The Labute approximate surface area is 91.5 Å². The quantitative estimate of drug-likeness (QED) is 0.810. The van der Waals surface area contributed by atoms with Crippen molar-refractivity contribution < 1.29 is 4.39 Å². The second-order valence-electron chi connectivity index (χ2n) is 4.66. The lowest BCUT2D eigenvalue weighted by Crippen LogP contribution is -2.28. The van der Waals surface area contributed by atoms with Gasteiger partial charge in [0.25, 0.3) is 0 Å². The van der Waals surface area contributed by atoms with Crippen molar-refractivity contribution in [2.45, 2.75) is 32.9 Å². The van der Waals surface area contributed by atoms with Crippen molar-refractivity contribution in [3.8, 4) is 0 Å². The maximum absolute atomic E-state index is 14.1. The van der Waals surface area contributed by atoms with Crippen LogP contribution in [-0.2, 0) is 12.1 Å². The van der Waals surface area contributed by atoms with Crippen molar-refractivity contribution >= 4 is 0 Å². The topological polar surface area (TPSA) is 26.0 Å². The van der Waals surface area contributed by atoms with Crippen LogP contribution in [0.5, 0.6) is 0 Å². The first-order chi connectivity index (χ1) is 6.97. The van der Waals surface area contributed by atoms with E-state index in [0.29, 0.717) is 5.92 Å². The molecule has 2 N–H and O–H groups in total. The van der Waals surface area contributed by atoms with Crippen molar-refractivity contribution in [2.24, 2.45) is 11.7 Å². The van der Waals surface area contributed by atoms with E-state index in [1.165, 1.54) is 0 Å². The van der Waals surface area contributed by atoms with E-state index >= 15 is 0 Å². The number of hydrogen-bond acceptors (Lipinski definition) is 1. The first-order valence-corrected chi connectivity index (χ1v) is 5.44. The molecule has 0 spiro atoms. The lowest BCUT2D eigenvalue weighted by molar-refractivity contribution is 0.201. The van der Waals surface area contributed by atoms with Crippen LogP contribution in [0.15, 0.2) is 24.3 Å². The van der Waals surface area contributed by atoms with E-state index < -0.39 is 5.67 Å². The molecule has 2 heteroatoms. The molecule has 0 amide bonds. The molecule has 15 heavy (non-hydrogen) atoms. The monoisotopic (exact) mass is 209 g/mol. The van der Waals surface area contributed by atoms with Gasteiger partial charge in [0.2, 0.25) is 0 Å². The molecule has 0 aromatic heterocycles. The number of rotatable bonds is 4. The predicted molar refractivity (Wildman–Crippen MR) is 62.5 cm³/mol. The van der Waals surface area contributed by atoms with Crippen molar-refractivity contribution in [2.75, 3.05) is 6.54 Å². The normalized spacial score (nSPS) is 15.3. The zero-order chi connectivity index (χ0) is 11.5. The van der Waals surface area contributed by atoms with E-state index in [2.05, 4.69) is 13.8 Å². The van der Waals surface area contributed by atoms with Gasteiger partial charge < -0.3 is 5.73 Å². The van der Waals surface area contributed by atoms with Crippen LogP contribution >= 0.6 is 0 Å². The maximum Gasteiger partial charge on any atom is 0.145 e. The molecule has 0 heterocycles. The predicted octanol–water partition coefficient (Wildman–Crippen LogP) is 3.03. The van der Waals surface area contributed by atoms with E-state index in [9.17, 15) is 4.39 Å². The fourth-order valence-corrected chi connectivity index (χ4v) is 1.76. The van der Waals surface area contributed by atoms with Crippen LogP contribution < -0.4 is 5.73 Å². The third kappa shape index (κ3) is 3.03. The van der Waals surface area contributed by atoms with Gasteiger partial charge in [-0.25, -0.2) is 4.39 Å². The van der Waals surface area contributed by atoms with Crippen molar-refractivity contribution in [3.63, 3.8) is 0 Å². The molecule has 0 aliphatic carbocycles.